The molecule has 0 bridgehead atoms. The van der Waals surface area contributed by atoms with Gasteiger partial charge in [0.2, 0.25) is 10.0 Å². The van der Waals surface area contributed by atoms with E-state index in [-0.39, 0.29) is 10.8 Å². The van der Waals surface area contributed by atoms with Gasteiger partial charge in [-0.1, -0.05) is 40.5 Å². The molecule has 1 amide bonds. The first-order valence-electron chi connectivity index (χ1n) is 8.28. The number of sulfonamides is 1. The van der Waals surface area contributed by atoms with Crippen LogP contribution in [0.25, 0.3) is 0 Å². The van der Waals surface area contributed by atoms with Crippen molar-refractivity contribution in [3.8, 4) is 0 Å². The van der Waals surface area contributed by atoms with Crippen molar-refractivity contribution in [1.29, 1.82) is 0 Å². The summed E-state index contributed by atoms with van der Waals surface area (Å²) < 4.78 is 26.2. The molecule has 0 fully saturated rings. The third-order valence-corrected chi connectivity index (χ3v) is 6.23. The van der Waals surface area contributed by atoms with Crippen molar-refractivity contribution >= 4 is 15.9 Å². The fourth-order valence-corrected chi connectivity index (χ4v) is 3.87. The SMILES string of the molecule is CCC(CC)CNC(=O)c1ccc(S(=O)(=O)N(CC)CC)cc1. The molecular weight excluding hydrogens is 312 g/mol. The van der Waals surface area contributed by atoms with Crippen LogP contribution in [0.1, 0.15) is 50.9 Å². The van der Waals surface area contributed by atoms with Crippen LogP contribution in [0, 0.1) is 5.92 Å². The van der Waals surface area contributed by atoms with E-state index in [1.54, 1.807) is 26.0 Å². The number of amides is 1. The van der Waals surface area contributed by atoms with E-state index in [9.17, 15) is 13.2 Å². The summed E-state index contributed by atoms with van der Waals surface area (Å²) >= 11 is 0. The van der Waals surface area contributed by atoms with E-state index in [1.807, 2.05) is 0 Å². The zero-order valence-electron chi connectivity index (χ0n) is 14.5. The molecule has 0 aliphatic heterocycles. The Bertz CT molecular complexity index is 589. The Balaban J connectivity index is 2.82. The van der Waals surface area contributed by atoms with E-state index in [4.69, 9.17) is 0 Å². The number of hydrogen-bond acceptors (Lipinski definition) is 3. The van der Waals surface area contributed by atoms with Crippen LogP contribution in [-0.2, 0) is 10.0 Å². The second-order valence-corrected chi connectivity index (χ2v) is 7.44. The minimum absolute atomic E-state index is 0.163. The topological polar surface area (TPSA) is 66.5 Å². The summed E-state index contributed by atoms with van der Waals surface area (Å²) in [5.41, 5.74) is 0.481. The molecule has 1 aromatic rings. The van der Waals surface area contributed by atoms with Gasteiger partial charge in [-0.25, -0.2) is 8.42 Å². The molecule has 130 valence electrons. The van der Waals surface area contributed by atoms with Gasteiger partial charge in [-0.05, 0) is 30.2 Å². The number of carbonyl (C=O) groups is 1. The van der Waals surface area contributed by atoms with Crippen molar-refractivity contribution in [2.24, 2.45) is 5.92 Å². The monoisotopic (exact) mass is 340 g/mol. The lowest BCUT2D eigenvalue weighted by atomic mass is 10.0. The average molecular weight is 340 g/mol. The van der Waals surface area contributed by atoms with Gasteiger partial charge in [0.1, 0.15) is 0 Å². The lowest BCUT2D eigenvalue weighted by Crippen LogP contribution is -2.31. The van der Waals surface area contributed by atoms with Gasteiger partial charge in [0.15, 0.2) is 0 Å². The number of nitrogens with zero attached hydrogens (tertiary/aromatic N) is 1. The van der Waals surface area contributed by atoms with Gasteiger partial charge in [0.05, 0.1) is 4.90 Å². The second-order valence-electron chi connectivity index (χ2n) is 5.51. The molecule has 0 aliphatic rings. The molecule has 0 saturated heterocycles. The lowest BCUT2D eigenvalue weighted by molar-refractivity contribution is 0.0946. The molecule has 23 heavy (non-hydrogen) atoms. The molecular formula is C17H28N2O3S. The van der Waals surface area contributed by atoms with E-state index in [1.165, 1.54) is 16.4 Å². The Kier molecular flexibility index (Phi) is 7.72. The van der Waals surface area contributed by atoms with Crippen LogP contribution in [0.4, 0.5) is 0 Å². The van der Waals surface area contributed by atoms with Crippen molar-refractivity contribution in [3.63, 3.8) is 0 Å². The normalized spacial score (nSPS) is 11.9. The third kappa shape index (κ3) is 5.04. The molecule has 0 unspecified atom stereocenters. The maximum atomic E-state index is 12.4. The standard InChI is InChI=1S/C17H28N2O3S/c1-5-14(6-2)13-18-17(20)15-9-11-16(12-10-15)23(21,22)19(7-3)8-4/h9-12,14H,5-8,13H2,1-4H3,(H,18,20). The van der Waals surface area contributed by atoms with Crippen LogP contribution in [0.15, 0.2) is 29.2 Å². The first-order chi connectivity index (χ1) is 10.9. The highest BCUT2D eigenvalue weighted by Gasteiger charge is 2.21. The molecule has 0 heterocycles. The molecule has 0 spiro atoms. The van der Waals surface area contributed by atoms with Gasteiger partial charge < -0.3 is 5.32 Å². The number of benzene rings is 1. The van der Waals surface area contributed by atoms with Gasteiger partial charge in [-0.15, -0.1) is 0 Å². The Morgan fingerprint density at radius 3 is 2.00 bits per heavy atom. The van der Waals surface area contributed by atoms with Crippen LogP contribution >= 0.6 is 0 Å². The molecule has 6 heteroatoms. The zero-order chi connectivity index (χ0) is 17.5. The molecule has 5 nitrogen and oxygen atoms in total. The average Bonchev–Trinajstić information content (AvgIpc) is 2.56. The molecule has 1 aromatic carbocycles. The molecule has 1 N–H and O–H groups in total. The molecule has 0 aromatic heterocycles. The molecule has 0 saturated carbocycles. The van der Waals surface area contributed by atoms with Crippen LogP contribution in [0.3, 0.4) is 0 Å². The smallest absolute Gasteiger partial charge is 0.251 e. The summed E-state index contributed by atoms with van der Waals surface area (Å²) in [5.74, 6) is 0.310. The molecule has 0 atom stereocenters. The van der Waals surface area contributed by atoms with Crippen molar-refractivity contribution in [3.05, 3.63) is 29.8 Å². The summed E-state index contributed by atoms with van der Waals surface area (Å²) in [4.78, 5) is 12.3. The van der Waals surface area contributed by atoms with Crippen molar-refractivity contribution in [2.45, 2.75) is 45.4 Å². The highest BCUT2D eigenvalue weighted by molar-refractivity contribution is 7.89. The maximum absolute atomic E-state index is 12.4. The summed E-state index contributed by atoms with van der Waals surface area (Å²) in [6.45, 7) is 9.32. The Morgan fingerprint density at radius 2 is 1.57 bits per heavy atom. The van der Waals surface area contributed by atoms with Crippen molar-refractivity contribution in [1.82, 2.24) is 9.62 Å². The van der Waals surface area contributed by atoms with Gasteiger partial charge in [-0.2, -0.15) is 4.31 Å². The number of rotatable bonds is 9. The van der Waals surface area contributed by atoms with Gasteiger partial charge in [-0.3, -0.25) is 4.79 Å². The first kappa shape index (κ1) is 19.6. The van der Waals surface area contributed by atoms with E-state index < -0.39 is 10.0 Å². The maximum Gasteiger partial charge on any atom is 0.251 e. The highest BCUT2D eigenvalue weighted by Crippen LogP contribution is 2.16. The van der Waals surface area contributed by atoms with Gasteiger partial charge in [0, 0.05) is 25.2 Å². The summed E-state index contributed by atoms with van der Waals surface area (Å²) in [6.07, 6.45) is 2.05. The lowest BCUT2D eigenvalue weighted by Gasteiger charge is -2.18. The van der Waals surface area contributed by atoms with E-state index in [2.05, 4.69) is 19.2 Å². The third-order valence-electron chi connectivity index (χ3n) is 4.17. The molecule has 0 aliphatic carbocycles. The summed E-state index contributed by atoms with van der Waals surface area (Å²) in [5, 5.41) is 2.91. The fraction of sp³-hybridized carbons (Fsp3) is 0.588. The Hall–Kier alpha value is -1.40. The number of hydrogen-bond donors (Lipinski definition) is 1. The van der Waals surface area contributed by atoms with Crippen LogP contribution in [0.5, 0.6) is 0 Å². The van der Waals surface area contributed by atoms with Crippen LogP contribution in [-0.4, -0.2) is 38.3 Å². The predicted octanol–water partition coefficient (Wildman–Crippen LogP) is 2.88. The minimum atomic E-state index is -3.48. The molecule has 1 rings (SSSR count). The van der Waals surface area contributed by atoms with Gasteiger partial charge >= 0.3 is 0 Å². The van der Waals surface area contributed by atoms with Crippen molar-refractivity contribution < 1.29 is 13.2 Å². The summed E-state index contributed by atoms with van der Waals surface area (Å²) in [7, 11) is -3.48. The summed E-state index contributed by atoms with van der Waals surface area (Å²) in [6, 6.07) is 6.14. The Morgan fingerprint density at radius 1 is 1.04 bits per heavy atom. The van der Waals surface area contributed by atoms with Crippen LogP contribution < -0.4 is 5.32 Å². The molecule has 0 radical (unpaired) electrons. The van der Waals surface area contributed by atoms with E-state index in [0.717, 1.165) is 12.8 Å². The first-order valence-corrected chi connectivity index (χ1v) is 9.72. The quantitative estimate of drug-likeness (QED) is 0.751. The minimum Gasteiger partial charge on any atom is -0.352 e. The number of carbonyl (C=O) groups excluding carboxylic acids is 1. The van der Waals surface area contributed by atoms with Crippen molar-refractivity contribution in [2.75, 3.05) is 19.6 Å². The predicted molar refractivity (Wildman–Crippen MR) is 93.0 cm³/mol. The zero-order valence-corrected chi connectivity index (χ0v) is 15.3. The second kappa shape index (κ2) is 9.03. The van der Waals surface area contributed by atoms with Crippen LogP contribution in [0.2, 0.25) is 0 Å². The highest BCUT2D eigenvalue weighted by atomic mass is 32.2. The largest absolute Gasteiger partial charge is 0.352 e. The van der Waals surface area contributed by atoms with Gasteiger partial charge in [0.25, 0.3) is 5.91 Å². The Labute approximate surface area is 140 Å². The van der Waals surface area contributed by atoms with E-state index >= 15 is 0 Å². The fourth-order valence-electron chi connectivity index (χ4n) is 2.41. The number of nitrogens with one attached hydrogen (secondary N) is 1. The van der Waals surface area contributed by atoms with E-state index in [0.29, 0.717) is 31.1 Å².